The van der Waals surface area contributed by atoms with Crippen molar-refractivity contribution < 1.29 is 18.0 Å². The minimum Gasteiger partial charge on any atom is -0.350 e. The molecule has 0 atom stereocenters. The van der Waals surface area contributed by atoms with E-state index < -0.39 is 13.0 Å². The first-order valence-corrected chi connectivity index (χ1v) is 7.54. The Morgan fingerprint density at radius 3 is 2.68 bits per heavy atom. The molecule has 1 amide bonds. The van der Waals surface area contributed by atoms with Gasteiger partial charge in [0.05, 0.1) is 6.54 Å². The third-order valence-electron chi connectivity index (χ3n) is 3.93. The number of benzene rings is 1. The largest absolute Gasteiger partial charge is 0.350 e. The first-order chi connectivity index (χ1) is 10.5. The molecule has 2 rings (SSSR count). The Balaban J connectivity index is 1.70. The fourth-order valence-electron chi connectivity index (χ4n) is 2.77. The first-order valence-electron chi connectivity index (χ1n) is 7.54. The van der Waals surface area contributed by atoms with E-state index in [0.717, 1.165) is 31.5 Å². The molecule has 1 fully saturated rings. The van der Waals surface area contributed by atoms with Crippen LogP contribution in [0.25, 0.3) is 0 Å². The summed E-state index contributed by atoms with van der Waals surface area (Å²) in [6, 6.07) is 6.55. The van der Waals surface area contributed by atoms with E-state index in [-0.39, 0.29) is 17.6 Å². The molecule has 1 aromatic carbocycles. The molecular formula is C16H21F3N2O. The van der Waals surface area contributed by atoms with E-state index in [9.17, 15) is 18.0 Å². The molecule has 1 aliphatic heterocycles. The van der Waals surface area contributed by atoms with Gasteiger partial charge in [-0.2, -0.15) is 0 Å². The normalized spacial score (nSPS) is 16.9. The highest BCUT2D eigenvalue weighted by Gasteiger charge is 2.21. The lowest BCUT2D eigenvalue weighted by molar-refractivity contribution is -0.123. The van der Waals surface area contributed by atoms with Gasteiger partial charge < -0.3 is 5.32 Å². The number of rotatable bonds is 6. The van der Waals surface area contributed by atoms with Crippen LogP contribution in [0.3, 0.4) is 0 Å². The van der Waals surface area contributed by atoms with Gasteiger partial charge in [-0.05, 0) is 49.5 Å². The zero-order valence-corrected chi connectivity index (χ0v) is 12.4. The average molecular weight is 314 g/mol. The van der Waals surface area contributed by atoms with Crippen LogP contribution in [0.4, 0.5) is 13.2 Å². The van der Waals surface area contributed by atoms with Crippen LogP contribution in [0, 0.1) is 11.7 Å². The SMILES string of the molecule is O=C(CC1CCN(Cc2cccc(F)c2)CC1)NCC(F)F. The van der Waals surface area contributed by atoms with Crippen LogP contribution in [0.1, 0.15) is 24.8 Å². The number of nitrogens with one attached hydrogen (secondary N) is 1. The second kappa shape index (κ2) is 8.17. The van der Waals surface area contributed by atoms with Crippen LogP contribution in [-0.4, -0.2) is 36.9 Å². The molecule has 0 aliphatic carbocycles. The predicted molar refractivity (Wildman–Crippen MR) is 78.0 cm³/mol. The number of halogens is 3. The summed E-state index contributed by atoms with van der Waals surface area (Å²) < 4.78 is 37.2. The Morgan fingerprint density at radius 2 is 2.05 bits per heavy atom. The Kier molecular flexibility index (Phi) is 6.24. The number of hydrogen-bond acceptors (Lipinski definition) is 2. The molecule has 0 spiro atoms. The fraction of sp³-hybridized carbons (Fsp3) is 0.562. The van der Waals surface area contributed by atoms with Gasteiger partial charge >= 0.3 is 0 Å². The van der Waals surface area contributed by atoms with Gasteiger partial charge in [0, 0.05) is 13.0 Å². The summed E-state index contributed by atoms with van der Waals surface area (Å²) >= 11 is 0. The highest BCUT2D eigenvalue weighted by Crippen LogP contribution is 2.22. The molecular weight excluding hydrogens is 293 g/mol. The number of carbonyl (C=O) groups is 1. The summed E-state index contributed by atoms with van der Waals surface area (Å²) in [6.07, 6.45) is -0.480. The summed E-state index contributed by atoms with van der Waals surface area (Å²) in [6.45, 7) is 1.80. The molecule has 22 heavy (non-hydrogen) atoms. The molecule has 1 heterocycles. The average Bonchev–Trinajstić information content (AvgIpc) is 2.47. The molecule has 0 unspecified atom stereocenters. The van der Waals surface area contributed by atoms with Crippen LogP contribution < -0.4 is 5.32 Å². The molecule has 6 heteroatoms. The standard InChI is InChI=1S/C16H21F3N2O/c17-14-3-1-2-13(8-14)11-21-6-4-12(5-7-21)9-16(22)20-10-15(18)19/h1-3,8,12,15H,4-7,9-11H2,(H,20,22). The molecule has 1 saturated heterocycles. The zero-order chi connectivity index (χ0) is 15.9. The van der Waals surface area contributed by atoms with E-state index in [1.165, 1.54) is 12.1 Å². The zero-order valence-electron chi connectivity index (χ0n) is 12.4. The summed E-state index contributed by atoms with van der Waals surface area (Å²) in [5, 5.41) is 2.24. The molecule has 1 aromatic rings. The Labute approximate surface area is 128 Å². The molecule has 0 saturated carbocycles. The molecule has 1 N–H and O–H groups in total. The summed E-state index contributed by atoms with van der Waals surface area (Å²) in [4.78, 5) is 13.8. The van der Waals surface area contributed by atoms with Gasteiger partial charge in [-0.1, -0.05) is 12.1 Å². The van der Waals surface area contributed by atoms with Crippen LogP contribution in [0.5, 0.6) is 0 Å². The Morgan fingerprint density at radius 1 is 1.32 bits per heavy atom. The van der Waals surface area contributed by atoms with E-state index >= 15 is 0 Å². The maximum Gasteiger partial charge on any atom is 0.255 e. The van der Waals surface area contributed by atoms with E-state index in [1.54, 1.807) is 6.07 Å². The molecule has 1 aliphatic rings. The summed E-state index contributed by atoms with van der Waals surface area (Å²) in [5.41, 5.74) is 0.938. The second-order valence-electron chi connectivity index (χ2n) is 5.75. The van der Waals surface area contributed by atoms with Crippen molar-refractivity contribution in [1.82, 2.24) is 10.2 Å². The van der Waals surface area contributed by atoms with Gasteiger partial charge in [-0.25, -0.2) is 13.2 Å². The highest BCUT2D eigenvalue weighted by molar-refractivity contribution is 5.76. The lowest BCUT2D eigenvalue weighted by Crippen LogP contribution is -2.36. The quantitative estimate of drug-likeness (QED) is 0.876. The summed E-state index contributed by atoms with van der Waals surface area (Å²) in [7, 11) is 0. The van der Waals surface area contributed by atoms with Crippen LogP contribution in [-0.2, 0) is 11.3 Å². The lowest BCUT2D eigenvalue weighted by atomic mass is 9.93. The first kappa shape index (κ1) is 16.8. The van der Waals surface area contributed by atoms with Crippen molar-refractivity contribution in [3.05, 3.63) is 35.6 Å². The minimum atomic E-state index is -2.50. The Hall–Kier alpha value is -1.56. The number of hydrogen-bond donors (Lipinski definition) is 1. The molecule has 0 radical (unpaired) electrons. The van der Waals surface area contributed by atoms with Crippen molar-refractivity contribution in [2.45, 2.75) is 32.2 Å². The monoisotopic (exact) mass is 314 g/mol. The number of nitrogens with zero attached hydrogens (tertiary/aromatic N) is 1. The van der Waals surface area contributed by atoms with E-state index in [2.05, 4.69) is 10.2 Å². The smallest absolute Gasteiger partial charge is 0.255 e. The molecule has 122 valence electrons. The number of likely N-dealkylation sites (tertiary alicyclic amines) is 1. The third-order valence-corrected chi connectivity index (χ3v) is 3.93. The number of piperidine rings is 1. The fourth-order valence-corrected chi connectivity index (χ4v) is 2.77. The topological polar surface area (TPSA) is 32.3 Å². The maximum atomic E-state index is 13.1. The van der Waals surface area contributed by atoms with Crippen molar-refractivity contribution in [3.63, 3.8) is 0 Å². The second-order valence-corrected chi connectivity index (χ2v) is 5.75. The maximum absolute atomic E-state index is 13.1. The van der Waals surface area contributed by atoms with Crippen molar-refractivity contribution in [1.29, 1.82) is 0 Å². The van der Waals surface area contributed by atoms with E-state index in [1.807, 2.05) is 6.07 Å². The van der Waals surface area contributed by atoms with Crippen LogP contribution in [0.15, 0.2) is 24.3 Å². The minimum absolute atomic E-state index is 0.233. The number of amides is 1. The van der Waals surface area contributed by atoms with Gasteiger partial charge in [0.15, 0.2) is 0 Å². The van der Waals surface area contributed by atoms with Crippen molar-refractivity contribution in [2.24, 2.45) is 5.92 Å². The molecule has 0 aromatic heterocycles. The van der Waals surface area contributed by atoms with Crippen LogP contribution in [0.2, 0.25) is 0 Å². The Bertz CT molecular complexity index is 488. The number of alkyl halides is 2. The predicted octanol–water partition coefficient (Wildman–Crippen LogP) is 2.81. The van der Waals surface area contributed by atoms with E-state index in [0.29, 0.717) is 13.0 Å². The van der Waals surface area contributed by atoms with Gasteiger partial charge in [-0.15, -0.1) is 0 Å². The summed E-state index contributed by atoms with van der Waals surface area (Å²) in [5.74, 6) is -0.298. The van der Waals surface area contributed by atoms with E-state index in [4.69, 9.17) is 0 Å². The van der Waals surface area contributed by atoms with Gasteiger partial charge in [0.25, 0.3) is 6.43 Å². The van der Waals surface area contributed by atoms with Gasteiger partial charge in [0.1, 0.15) is 5.82 Å². The van der Waals surface area contributed by atoms with Crippen molar-refractivity contribution in [2.75, 3.05) is 19.6 Å². The van der Waals surface area contributed by atoms with Crippen molar-refractivity contribution >= 4 is 5.91 Å². The third kappa shape index (κ3) is 5.67. The molecule has 3 nitrogen and oxygen atoms in total. The van der Waals surface area contributed by atoms with Gasteiger partial charge in [0.2, 0.25) is 5.91 Å². The lowest BCUT2D eigenvalue weighted by Gasteiger charge is -2.31. The molecule has 0 bridgehead atoms. The van der Waals surface area contributed by atoms with Crippen LogP contribution >= 0.6 is 0 Å². The highest BCUT2D eigenvalue weighted by atomic mass is 19.3. The van der Waals surface area contributed by atoms with Gasteiger partial charge in [-0.3, -0.25) is 9.69 Å². The van der Waals surface area contributed by atoms with Crippen molar-refractivity contribution in [3.8, 4) is 0 Å². The number of carbonyl (C=O) groups excluding carboxylic acids is 1.